The predicted molar refractivity (Wildman–Crippen MR) is 94.9 cm³/mol. The van der Waals surface area contributed by atoms with Gasteiger partial charge in [0.2, 0.25) is 8.38 Å². The van der Waals surface area contributed by atoms with Crippen molar-refractivity contribution in [3.8, 4) is 0 Å². The Morgan fingerprint density at radius 3 is 2.20 bits per heavy atom. The van der Waals surface area contributed by atoms with Gasteiger partial charge in [0.25, 0.3) is 0 Å². The van der Waals surface area contributed by atoms with Gasteiger partial charge in [-0.05, 0) is 32.9 Å². The van der Waals surface area contributed by atoms with E-state index in [9.17, 15) is 0 Å². The molecule has 0 spiro atoms. The lowest BCUT2D eigenvalue weighted by Gasteiger charge is -2.30. The highest BCUT2D eigenvalue weighted by atomic mass is 33.1. The quantitative estimate of drug-likeness (QED) is 0.554. The van der Waals surface area contributed by atoms with Crippen LogP contribution >= 0.6 is 30.0 Å². The van der Waals surface area contributed by atoms with Crippen molar-refractivity contribution in [1.29, 1.82) is 0 Å². The van der Waals surface area contributed by atoms with Crippen LogP contribution in [0.1, 0.15) is 34.6 Å². The minimum absolute atomic E-state index is 0.137. The van der Waals surface area contributed by atoms with Crippen LogP contribution in [-0.2, 0) is 9.05 Å². The highest BCUT2D eigenvalue weighted by molar-refractivity contribution is 8.77. The van der Waals surface area contributed by atoms with E-state index in [4.69, 9.17) is 9.05 Å². The first-order chi connectivity index (χ1) is 9.54. The lowest BCUT2D eigenvalue weighted by Crippen LogP contribution is -2.36. The molecule has 0 bridgehead atoms. The van der Waals surface area contributed by atoms with Crippen molar-refractivity contribution in [2.24, 2.45) is 0 Å². The summed E-state index contributed by atoms with van der Waals surface area (Å²) in [5, 5.41) is 1.63. The van der Waals surface area contributed by atoms with Crippen LogP contribution < -0.4 is 5.30 Å². The summed E-state index contributed by atoms with van der Waals surface area (Å²) in [5.41, 5.74) is 0. The van der Waals surface area contributed by atoms with E-state index in [-0.39, 0.29) is 10.9 Å². The standard InChI is InChI=1S/C13H19O2PS2.C2H6/c1-10-12(13(2,3)18-17-10)15-16(14-4)11-8-6-5-7-9-11;1-2/h5-10,12H,1-4H3;1-2H3. The van der Waals surface area contributed by atoms with Gasteiger partial charge in [-0.2, -0.15) is 0 Å². The molecule has 0 aliphatic carbocycles. The van der Waals surface area contributed by atoms with Gasteiger partial charge in [0, 0.05) is 22.4 Å². The SMILES string of the molecule is CC.COP(OC1C(C)SSC1(C)C)c1ccccc1. The zero-order valence-electron chi connectivity index (χ0n) is 13.1. The molecule has 1 aliphatic heterocycles. The molecule has 0 amide bonds. The van der Waals surface area contributed by atoms with Crippen molar-refractivity contribution in [3.63, 3.8) is 0 Å². The second kappa shape index (κ2) is 8.65. The van der Waals surface area contributed by atoms with Gasteiger partial charge < -0.3 is 9.05 Å². The Hall–Kier alpha value is 0.270. The van der Waals surface area contributed by atoms with Crippen LogP contribution in [0.15, 0.2) is 30.3 Å². The molecule has 0 saturated carbocycles. The molecule has 1 saturated heterocycles. The Morgan fingerprint density at radius 2 is 1.75 bits per heavy atom. The molecule has 2 rings (SSSR count). The van der Waals surface area contributed by atoms with Crippen LogP contribution in [0, 0.1) is 0 Å². The zero-order valence-corrected chi connectivity index (χ0v) is 15.6. The fourth-order valence-electron chi connectivity index (χ4n) is 1.94. The molecule has 1 aromatic rings. The van der Waals surface area contributed by atoms with Crippen LogP contribution in [0.2, 0.25) is 0 Å². The predicted octanol–water partition coefficient (Wildman–Crippen LogP) is 5.24. The monoisotopic (exact) mass is 332 g/mol. The third kappa shape index (κ3) is 4.64. The fourth-order valence-corrected chi connectivity index (χ4v) is 6.69. The van der Waals surface area contributed by atoms with Crippen molar-refractivity contribution >= 4 is 35.3 Å². The summed E-state index contributed by atoms with van der Waals surface area (Å²) < 4.78 is 12.0. The van der Waals surface area contributed by atoms with Gasteiger partial charge in [-0.3, -0.25) is 0 Å². The first-order valence-electron chi connectivity index (χ1n) is 6.95. The molecular formula is C15H25O2PS2. The van der Waals surface area contributed by atoms with Crippen molar-refractivity contribution in [3.05, 3.63) is 30.3 Å². The largest absolute Gasteiger partial charge is 0.334 e. The molecule has 1 aromatic carbocycles. The van der Waals surface area contributed by atoms with Crippen LogP contribution in [-0.4, -0.2) is 23.2 Å². The maximum absolute atomic E-state index is 6.28. The van der Waals surface area contributed by atoms with Crippen LogP contribution in [0.3, 0.4) is 0 Å². The van der Waals surface area contributed by atoms with Gasteiger partial charge >= 0.3 is 0 Å². The van der Waals surface area contributed by atoms with Crippen molar-refractivity contribution < 1.29 is 9.05 Å². The van der Waals surface area contributed by atoms with Gasteiger partial charge in [0.05, 0.1) is 6.10 Å². The van der Waals surface area contributed by atoms with Gasteiger partial charge in [0.15, 0.2) is 0 Å². The second-order valence-electron chi connectivity index (χ2n) is 4.79. The van der Waals surface area contributed by atoms with Crippen LogP contribution in [0.4, 0.5) is 0 Å². The molecule has 0 radical (unpaired) electrons. The van der Waals surface area contributed by atoms with Gasteiger partial charge in [-0.1, -0.05) is 53.6 Å². The third-order valence-electron chi connectivity index (χ3n) is 2.87. The maximum Gasteiger partial charge on any atom is 0.205 e. The van der Waals surface area contributed by atoms with E-state index >= 15 is 0 Å². The van der Waals surface area contributed by atoms with E-state index in [2.05, 4.69) is 32.9 Å². The Labute approximate surface area is 132 Å². The summed E-state index contributed by atoms with van der Waals surface area (Å²) in [6.07, 6.45) is 0.221. The van der Waals surface area contributed by atoms with E-state index in [1.165, 1.54) is 0 Å². The normalized spacial score (nSPS) is 25.7. The Morgan fingerprint density at radius 1 is 1.15 bits per heavy atom. The summed E-state index contributed by atoms with van der Waals surface area (Å²) in [6.45, 7) is 10.7. The minimum atomic E-state index is -0.976. The van der Waals surface area contributed by atoms with Crippen molar-refractivity contribution in [1.82, 2.24) is 0 Å². The molecule has 20 heavy (non-hydrogen) atoms. The van der Waals surface area contributed by atoms with Gasteiger partial charge in [-0.25, -0.2) is 0 Å². The van der Waals surface area contributed by atoms with E-state index in [0.29, 0.717) is 5.25 Å². The van der Waals surface area contributed by atoms with E-state index in [1.54, 1.807) is 7.11 Å². The molecule has 0 N–H and O–H groups in total. The number of rotatable bonds is 4. The van der Waals surface area contributed by atoms with Gasteiger partial charge in [0.1, 0.15) is 0 Å². The fraction of sp³-hybridized carbons (Fsp3) is 0.600. The molecule has 0 aromatic heterocycles. The zero-order chi connectivity index (χ0) is 15.2. The van der Waals surface area contributed by atoms with E-state index in [0.717, 1.165) is 5.30 Å². The smallest absolute Gasteiger partial charge is 0.205 e. The number of hydrogen-bond acceptors (Lipinski definition) is 4. The first-order valence-corrected chi connectivity index (χ1v) is 10.3. The molecule has 1 fully saturated rings. The summed E-state index contributed by atoms with van der Waals surface area (Å²) >= 11 is 0. The number of benzene rings is 1. The summed E-state index contributed by atoms with van der Waals surface area (Å²) in [5.74, 6) is 0. The topological polar surface area (TPSA) is 18.5 Å². The molecule has 1 aliphatic rings. The lowest BCUT2D eigenvalue weighted by molar-refractivity contribution is 0.170. The van der Waals surface area contributed by atoms with Crippen molar-refractivity contribution in [2.75, 3.05) is 7.11 Å². The molecule has 2 nitrogen and oxygen atoms in total. The molecule has 114 valence electrons. The molecular weight excluding hydrogens is 307 g/mol. The first kappa shape index (κ1) is 18.3. The molecule has 1 heterocycles. The highest BCUT2D eigenvalue weighted by Gasteiger charge is 2.44. The minimum Gasteiger partial charge on any atom is -0.334 e. The molecule has 3 unspecified atom stereocenters. The van der Waals surface area contributed by atoms with Gasteiger partial charge in [-0.15, -0.1) is 0 Å². The second-order valence-corrected chi connectivity index (χ2v) is 9.63. The maximum atomic E-state index is 6.28. The summed E-state index contributed by atoms with van der Waals surface area (Å²) in [4.78, 5) is 0. The van der Waals surface area contributed by atoms with Crippen LogP contribution in [0.25, 0.3) is 0 Å². The van der Waals surface area contributed by atoms with Crippen molar-refractivity contribution in [2.45, 2.75) is 50.7 Å². The Bertz CT molecular complexity index is 387. The number of hydrogen-bond donors (Lipinski definition) is 0. The summed E-state index contributed by atoms with van der Waals surface area (Å²) in [7, 11) is 4.57. The highest BCUT2D eigenvalue weighted by Crippen LogP contribution is 2.55. The average molecular weight is 332 g/mol. The summed E-state index contributed by atoms with van der Waals surface area (Å²) in [6, 6.07) is 10.2. The third-order valence-corrected chi connectivity index (χ3v) is 8.14. The average Bonchev–Trinajstić information content (AvgIpc) is 2.73. The van der Waals surface area contributed by atoms with E-state index < -0.39 is 8.38 Å². The Kier molecular flexibility index (Phi) is 7.92. The van der Waals surface area contributed by atoms with Crippen LogP contribution in [0.5, 0.6) is 0 Å². The Balaban J connectivity index is 0.000000956. The van der Waals surface area contributed by atoms with E-state index in [1.807, 2.05) is 53.6 Å². The lowest BCUT2D eigenvalue weighted by atomic mass is 10.0. The molecule has 5 heteroatoms. The molecule has 3 atom stereocenters.